The lowest BCUT2D eigenvalue weighted by Gasteiger charge is -2.45. The number of amides is 1. The third-order valence-corrected chi connectivity index (χ3v) is 4.20. The molecule has 0 saturated carbocycles. The third-order valence-electron chi connectivity index (χ3n) is 4.20. The van der Waals surface area contributed by atoms with E-state index in [0.29, 0.717) is 5.69 Å². The van der Waals surface area contributed by atoms with Crippen molar-refractivity contribution in [1.82, 2.24) is 20.3 Å². The SMILES string of the molecule is CC(=O)N[C@@H]1[C@@H](OC(C)=O)[C@H](OC(C)=O)[C@@H](COC(C)=O)O[C@H]1n1cc(CN=[N+]=[N-])nn1. The Morgan fingerprint density at radius 2 is 1.81 bits per heavy atom. The molecule has 174 valence electrons. The van der Waals surface area contributed by atoms with E-state index in [9.17, 15) is 19.2 Å². The molecule has 0 aliphatic carbocycles. The minimum Gasteiger partial charge on any atom is -0.463 e. The number of hydrogen-bond acceptors (Lipinski definition) is 11. The second-order valence-electron chi connectivity index (χ2n) is 6.82. The van der Waals surface area contributed by atoms with Gasteiger partial charge in [-0.2, -0.15) is 0 Å². The molecule has 0 unspecified atom stereocenters. The molecule has 1 saturated heterocycles. The molecule has 1 aromatic heterocycles. The average Bonchev–Trinajstić information content (AvgIpc) is 3.15. The molecule has 1 aliphatic rings. The predicted octanol–water partition coefficient (Wildman–Crippen LogP) is -0.0830. The van der Waals surface area contributed by atoms with Gasteiger partial charge in [0.05, 0.1) is 18.4 Å². The zero-order valence-corrected chi connectivity index (χ0v) is 17.8. The minimum atomic E-state index is -1.22. The number of hydrogen-bond donors (Lipinski definition) is 1. The summed E-state index contributed by atoms with van der Waals surface area (Å²) in [7, 11) is 0. The van der Waals surface area contributed by atoms with Crippen molar-refractivity contribution in [3.63, 3.8) is 0 Å². The Morgan fingerprint density at radius 1 is 1.16 bits per heavy atom. The minimum absolute atomic E-state index is 0.0889. The molecular formula is C17H23N7O8. The van der Waals surface area contributed by atoms with Crippen molar-refractivity contribution < 1.29 is 38.1 Å². The summed E-state index contributed by atoms with van der Waals surface area (Å²) in [4.78, 5) is 49.5. The number of nitrogens with one attached hydrogen (secondary N) is 1. The summed E-state index contributed by atoms with van der Waals surface area (Å²) in [5.74, 6) is -2.52. The highest BCUT2D eigenvalue weighted by Crippen LogP contribution is 2.32. The van der Waals surface area contributed by atoms with E-state index >= 15 is 0 Å². The highest BCUT2D eigenvalue weighted by molar-refractivity contribution is 5.73. The van der Waals surface area contributed by atoms with Gasteiger partial charge in [0.25, 0.3) is 0 Å². The van der Waals surface area contributed by atoms with Crippen LogP contribution in [-0.4, -0.2) is 69.8 Å². The number of aromatic nitrogens is 3. The van der Waals surface area contributed by atoms with Crippen LogP contribution in [0.3, 0.4) is 0 Å². The second kappa shape index (κ2) is 11.1. The van der Waals surface area contributed by atoms with Gasteiger partial charge in [-0.15, -0.1) is 5.10 Å². The first-order valence-corrected chi connectivity index (χ1v) is 9.44. The van der Waals surface area contributed by atoms with Gasteiger partial charge in [0.15, 0.2) is 18.4 Å². The number of rotatable bonds is 8. The van der Waals surface area contributed by atoms with E-state index in [-0.39, 0.29) is 13.2 Å². The van der Waals surface area contributed by atoms with Crippen LogP contribution in [0.4, 0.5) is 0 Å². The highest BCUT2D eigenvalue weighted by atomic mass is 16.6. The lowest BCUT2D eigenvalue weighted by atomic mass is 9.95. The number of carbonyl (C=O) groups excluding carboxylic acids is 4. The molecule has 1 aliphatic heterocycles. The van der Waals surface area contributed by atoms with Crippen molar-refractivity contribution >= 4 is 23.8 Å². The molecule has 0 bridgehead atoms. The maximum absolute atomic E-state index is 11.9. The number of ether oxygens (including phenoxy) is 4. The largest absolute Gasteiger partial charge is 0.463 e. The monoisotopic (exact) mass is 453 g/mol. The van der Waals surface area contributed by atoms with Crippen molar-refractivity contribution in [3.05, 3.63) is 22.3 Å². The van der Waals surface area contributed by atoms with E-state index in [1.54, 1.807) is 0 Å². The summed E-state index contributed by atoms with van der Waals surface area (Å²) in [5, 5.41) is 13.8. The zero-order chi connectivity index (χ0) is 23.8. The summed E-state index contributed by atoms with van der Waals surface area (Å²) in [5.41, 5.74) is 8.78. The van der Waals surface area contributed by atoms with E-state index < -0.39 is 54.4 Å². The van der Waals surface area contributed by atoms with Crippen LogP contribution < -0.4 is 5.32 Å². The van der Waals surface area contributed by atoms with Gasteiger partial charge in [-0.25, -0.2) is 4.68 Å². The summed E-state index contributed by atoms with van der Waals surface area (Å²) in [6, 6.07) is -1.07. The van der Waals surface area contributed by atoms with Crippen LogP contribution in [0.15, 0.2) is 11.3 Å². The van der Waals surface area contributed by atoms with Crippen molar-refractivity contribution in [3.8, 4) is 0 Å². The number of carbonyl (C=O) groups is 4. The van der Waals surface area contributed by atoms with Crippen LogP contribution in [0.25, 0.3) is 10.4 Å². The van der Waals surface area contributed by atoms with Crippen molar-refractivity contribution in [2.75, 3.05) is 6.61 Å². The molecule has 1 aromatic rings. The van der Waals surface area contributed by atoms with Gasteiger partial charge in [-0.1, -0.05) is 10.3 Å². The van der Waals surface area contributed by atoms with Gasteiger partial charge < -0.3 is 24.3 Å². The van der Waals surface area contributed by atoms with Crippen LogP contribution in [0.1, 0.15) is 39.6 Å². The lowest BCUT2D eigenvalue weighted by molar-refractivity contribution is -0.239. The number of azide groups is 1. The molecule has 5 atom stereocenters. The molecule has 0 aromatic carbocycles. The number of nitrogens with zero attached hydrogens (tertiary/aromatic N) is 6. The Kier molecular flexibility index (Phi) is 8.49. The Labute approximate surface area is 181 Å². The third kappa shape index (κ3) is 6.65. The van der Waals surface area contributed by atoms with Crippen molar-refractivity contribution in [2.45, 2.75) is 64.8 Å². The maximum Gasteiger partial charge on any atom is 0.303 e. The normalized spacial score (nSPS) is 24.6. The molecule has 0 spiro atoms. The van der Waals surface area contributed by atoms with Gasteiger partial charge in [-0.3, -0.25) is 19.2 Å². The molecule has 15 nitrogen and oxygen atoms in total. The molecule has 2 rings (SSSR count). The molecular weight excluding hydrogens is 430 g/mol. The fourth-order valence-corrected chi connectivity index (χ4v) is 3.15. The van der Waals surface area contributed by atoms with Crippen LogP contribution in [0.2, 0.25) is 0 Å². The Morgan fingerprint density at radius 3 is 2.38 bits per heavy atom. The van der Waals surface area contributed by atoms with Gasteiger partial charge in [0, 0.05) is 32.6 Å². The van der Waals surface area contributed by atoms with Crippen LogP contribution in [0, 0.1) is 0 Å². The Hall–Kier alpha value is -3.71. The van der Waals surface area contributed by atoms with Gasteiger partial charge in [0.2, 0.25) is 5.91 Å². The summed E-state index contributed by atoms with van der Waals surface area (Å²) < 4.78 is 22.9. The molecule has 1 amide bonds. The average molecular weight is 453 g/mol. The van der Waals surface area contributed by atoms with Crippen LogP contribution in [0.5, 0.6) is 0 Å². The maximum atomic E-state index is 11.9. The first-order chi connectivity index (χ1) is 15.1. The summed E-state index contributed by atoms with van der Waals surface area (Å²) in [6.07, 6.45) is -3.21. The van der Waals surface area contributed by atoms with Gasteiger partial charge in [0.1, 0.15) is 18.8 Å². The van der Waals surface area contributed by atoms with E-state index in [4.69, 9.17) is 24.5 Å². The van der Waals surface area contributed by atoms with Gasteiger partial charge in [-0.05, 0) is 5.53 Å². The first kappa shape index (κ1) is 24.6. The lowest BCUT2D eigenvalue weighted by Crippen LogP contribution is -2.64. The van der Waals surface area contributed by atoms with Crippen molar-refractivity contribution in [2.24, 2.45) is 5.11 Å². The second-order valence-corrected chi connectivity index (χ2v) is 6.82. The fraction of sp³-hybridized carbons (Fsp3) is 0.647. The zero-order valence-electron chi connectivity index (χ0n) is 17.8. The Bertz CT molecular complexity index is 912. The topological polar surface area (TPSA) is 197 Å². The van der Waals surface area contributed by atoms with Gasteiger partial charge >= 0.3 is 17.9 Å². The predicted molar refractivity (Wildman–Crippen MR) is 102 cm³/mol. The molecule has 1 N–H and O–H groups in total. The van der Waals surface area contributed by atoms with E-state index in [1.807, 2.05) is 0 Å². The van der Waals surface area contributed by atoms with E-state index in [1.165, 1.54) is 24.7 Å². The van der Waals surface area contributed by atoms with E-state index in [0.717, 1.165) is 13.8 Å². The molecule has 15 heteroatoms. The van der Waals surface area contributed by atoms with Crippen LogP contribution in [-0.2, 0) is 44.7 Å². The standard InChI is InChI=1S/C17H23N7O8/c1-8(25)20-14-16(31-11(4)28)15(30-10(3)27)13(7-29-9(2)26)32-17(14)24-6-12(21-23-24)5-19-22-18/h6,13-17H,5,7H2,1-4H3,(H,20,25)/t13-,14-,15-,16-,17-/m1/s1. The molecule has 0 radical (unpaired) electrons. The first-order valence-electron chi connectivity index (χ1n) is 9.44. The summed E-state index contributed by atoms with van der Waals surface area (Å²) in [6.45, 7) is 4.29. The molecule has 2 heterocycles. The fourth-order valence-electron chi connectivity index (χ4n) is 3.15. The quantitative estimate of drug-likeness (QED) is 0.183. The highest BCUT2D eigenvalue weighted by Gasteiger charge is 2.51. The smallest absolute Gasteiger partial charge is 0.303 e. The summed E-state index contributed by atoms with van der Waals surface area (Å²) >= 11 is 0. The number of esters is 3. The molecule has 32 heavy (non-hydrogen) atoms. The van der Waals surface area contributed by atoms with Crippen LogP contribution >= 0.6 is 0 Å². The Balaban J connectivity index is 2.50. The van der Waals surface area contributed by atoms with E-state index in [2.05, 4.69) is 25.7 Å². The molecule has 1 fully saturated rings. The van der Waals surface area contributed by atoms with Crippen molar-refractivity contribution in [1.29, 1.82) is 0 Å².